The third-order valence-corrected chi connectivity index (χ3v) is 6.27. The van der Waals surface area contributed by atoms with E-state index in [1.54, 1.807) is 19.4 Å². The van der Waals surface area contributed by atoms with E-state index in [-0.39, 0.29) is 5.91 Å². The molecule has 33 heavy (non-hydrogen) atoms. The molecule has 3 aromatic rings. The highest BCUT2D eigenvalue weighted by Crippen LogP contribution is 2.40. The standard InChI is InChI=1S/C27H32N2O4/c1-5-28-11-13-29(14-12-28)27(30)15-19(3)21-16-22-23(20-9-7-8-10-24(20)31-4)18-33-26(22)17-25(21)32-6-2/h7-10,15-18H,5-6,11-14H2,1-4H3/b19-15+. The average Bonchev–Trinajstić information content (AvgIpc) is 3.26. The van der Waals surface area contributed by atoms with Crippen LogP contribution in [0.1, 0.15) is 26.3 Å². The first kappa shape index (κ1) is 22.9. The molecule has 0 spiro atoms. The van der Waals surface area contributed by atoms with E-state index in [4.69, 9.17) is 13.9 Å². The van der Waals surface area contributed by atoms with Crippen molar-refractivity contribution < 1.29 is 18.7 Å². The lowest BCUT2D eigenvalue weighted by Crippen LogP contribution is -2.48. The molecule has 0 N–H and O–H groups in total. The third-order valence-electron chi connectivity index (χ3n) is 6.27. The number of piperazine rings is 1. The van der Waals surface area contributed by atoms with Crippen LogP contribution in [-0.2, 0) is 4.79 Å². The highest BCUT2D eigenvalue weighted by Gasteiger charge is 2.21. The Morgan fingerprint density at radius 1 is 1.06 bits per heavy atom. The van der Waals surface area contributed by atoms with Gasteiger partial charge in [-0.05, 0) is 38.1 Å². The summed E-state index contributed by atoms with van der Waals surface area (Å²) >= 11 is 0. The summed E-state index contributed by atoms with van der Waals surface area (Å²) in [6.07, 6.45) is 3.48. The molecule has 6 heteroatoms. The highest BCUT2D eigenvalue weighted by molar-refractivity contribution is 6.01. The van der Waals surface area contributed by atoms with E-state index >= 15 is 0 Å². The van der Waals surface area contributed by atoms with Crippen LogP contribution in [0.25, 0.3) is 27.7 Å². The molecule has 0 radical (unpaired) electrons. The van der Waals surface area contributed by atoms with Gasteiger partial charge in [0, 0.05) is 60.4 Å². The zero-order chi connectivity index (χ0) is 23.4. The van der Waals surface area contributed by atoms with E-state index in [0.29, 0.717) is 12.4 Å². The van der Waals surface area contributed by atoms with Gasteiger partial charge in [-0.3, -0.25) is 4.79 Å². The van der Waals surface area contributed by atoms with Gasteiger partial charge in [0.1, 0.15) is 17.1 Å². The van der Waals surface area contributed by atoms with E-state index in [2.05, 4.69) is 17.9 Å². The zero-order valence-corrected chi connectivity index (χ0v) is 19.9. The fourth-order valence-electron chi connectivity index (χ4n) is 4.35. The number of likely N-dealkylation sites (N-methyl/N-ethyl adjacent to an activating group) is 1. The lowest BCUT2D eigenvalue weighted by atomic mass is 9.98. The van der Waals surface area contributed by atoms with Crippen molar-refractivity contribution in [2.24, 2.45) is 0 Å². The molecule has 0 aliphatic carbocycles. The topological polar surface area (TPSA) is 55.2 Å². The largest absolute Gasteiger partial charge is 0.496 e. The van der Waals surface area contributed by atoms with Crippen LogP contribution in [0, 0.1) is 0 Å². The molecule has 1 amide bonds. The fourth-order valence-corrected chi connectivity index (χ4v) is 4.35. The number of carbonyl (C=O) groups is 1. The van der Waals surface area contributed by atoms with Gasteiger partial charge in [0.25, 0.3) is 0 Å². The summed E-state index contributed by atoms with van der Waals surface area (Å²) in [7, 11) is 1.67. The van der Waals surface area contributed by atoms with Crippen molar-refractivity contribution >= 4 is 22.4 Å². The van der Waals surface area contributed by atoms with Gasteiger partial charge >= 0.3 is 0 Å². The quantitative estimate of drug-likeness (QED) is 0.472. The maximum absolute atomic E-state index is 13.0. The number of carbonyl (C=O) groups excluding carboxylic acids is 1. The van der Waals surface area contributed by atoms with E-state index in [1.165, 1.54) is 0 Å². The van der Waals surface area contributed by atoms with Gasteiger partial charge in [-0.2, -0.15) is 0 Å². The molecular weight excluding hydrogens is 416 g/mol. The number of hydrogen-bond donors (Lipinski definition) is 0. The van der Waals surface area contributed by atoms with Crippen LogP contribution in [-0.4, -0.2) is 62.1 Å². The summed E-state index contributed by atoms with van der Waals surface area (Å²) in [5.74, 6) is 1.54. The molecular formula is C27H32N2O4. The summed E-state index contributed by atoms with van der Waals surface area (Å²) in [6.45, 7) is 11.0. The van der Waals surface area contributed by atoms with Crippen molar-refractivity contribution in [3.63, 3.8) is 0 Å². The number of hydrogen-bond acceptors (Lipinski definition) is 5. The van der Waals surface area contributed by atoms with E-state index in [9.17, 15) is 4.79 Å². The molecule has 0 unspecified atom stereocenters. The molecule has 174 valence electrons. The second kappa shape index (κ2) is 10.1. The monoisotopic (exact) mass is 448 g/mol. The van der Waals surface area contributed by atoms with Gasteiger partial charge in [-0.15, -0.1) is 0 Å². The Kier molecular flexibility index (Phi) is 7.04. The van der Waals surface area contributed by atoms with Gasteiger partial charge in [-0.1, -0.05) is 25.1 Å². The van der Waals surface area contributed by atoms with Crippen molar-refractivity contribution in [1.82, 2.24) is 9.80 Å². The zero-order valence-electron chi connectivity index (χ0n) is 19.9. The molecule has 2 aromatic carbocycles. The minimum absolute atomic E-state index is 0.0444. The molecule has 0 bridgehead atoms. The van der Waals surface area contributed by atoms with Crippen LogP contribution >= 0.6 is 0 Å². The summed E-state index contributed by atoms with van der Waals surface area (Å²) < 4.78 is 17.4. The van der Waals surface area contributed by atoms with Crippen molar-refractivity contribution in [2.75, 3.05) is 46.4 Å². The summed E-state index contributed by atoms with van der Waals surface area (Å²) in [6, 6.07) is 11.8. The van der Waals surface area contributed by atoms with Crippen molar-refractivity contribution in [2.45, 2.75) is 20.8 Å². The minimum atomic E-state index is 0.0444. The first-order valence-electron chi connectivity index (χ1n) is 11.6. The number of fused-ring (bicyclic) bond motifs is 1. The maximum atomic E-state index is 13.0. The number of rotatable bonds is 7. The van der Waals surface area contributed by atoms with Crippen LogP contribution in [0.2, 0.25) is 0 Å². The molecule has 4 rings (SSSR count). The molecule has 6 nitrogen and oxygen atoms in total. The van der Waals surface area contributed by atoms with Gasteiger partial charge in [-0.25, -0.2) is 0 Å². The first-order valence-corrected chi connectivity index (χ1v) is 11.6. The Morgan fingerprint density at radius 2 is 1.82 bits per heavy atom. The number of allylic oxidation sites excluding steroid dienone is 1. The maximum Gasteiger partial charge on any atom is 0.246 e. The second-order valence-corrected chi connectivity index (χ2v) is 8.21. The number of para-hydroxylation sites is 1. The Balaban J connectivity index is 1.72. The number of nitrogens with zero attached hydrogens (tertiary/aromatic N) is 2. The number of methoxy groups -OCH3 is 1. The Hall–Kier alpha value is -3.25. The van der Waals surface area contributed by atoms with Crippen LogP contribution in [0.3, 0.4) is 0 Å². The van der Waals surface area contributed by atoms with Crippen molar-refractivity contribution in [3.8, 4) is 22.6 Å². The molecule has 0 saturated carbocycles. The third kappa shape index (κ3) is 4.76. The Labute approximate surface area is 195 Å². The number of furan rings is 1. The molecule has 1 aliphatic heterocycles. The summed E-state index contributed by atoms with van der Waals surface area (Å²) in [4.78, 5) is 17.3. The van der Waals surface area contributed by atoms with E-state index in [1.807, 2.05) is 49.1 Å². The van der Waals surface area contributed by atoms with Gasteiger partial charge < -0.3 is 23.7 Å². The van der Waals surface area contributed by atoms with Crippen LogP contribution < -0.4 is 9.47 Å². The lowest BCUT2D eigenvalue weighted by Gasteiger charge is -2.33. The predicted molar refractivity (Wildman–Crippen MR) is 132 cm³/mol. The normalized spacial score (nSPS) is 15.2. The SMILES string of the molecule is CCOc1cc2occ(-c3ccccc3OC)c2cc1/C(C)=C/C(=O)N1CCN(CC)CC1. The Bertz CT molecular complexity index is 1160. The summed E-state index contributed by atoms with van der Waals surface area (Å²) in [5, 5.41) is 0.953. The van der Waals surface area contributed by atoms with Crippen LogP contribution in [0.15, 0.2) is 53.2 Å². The molecule has 1 aromatic heterocycles. The fraction of sp³-hybridized carbons (Fsp3) is 0.370. The van der Waals surface area contributed by atoms with E-state index < -0.39 is 0 Å². The lowest BCUT2D eigenvalue weighted by molar-refractivity contribution is -0.127. The van der Waals surface area contributed by atoms with Crippen molar-refractivity contribution in [3.05, 3.63) is 54.3 Å². The summed E-state index contributed by atoms with van der Waals surface area (Å²) in [5.41, 5.74) is 4.40. The molecule has 1 saturated heterocycles. The molecule has 1 fully saturated rings. The minimum Gasteiger partial charge on any atom is -0.496 e. The molecule has 0 atom stereocenters. The van der Waals surface area contributed by atoms with Crippen LogP contribution in [0.5, 0.6) is 11.5 Å². The predicted octanol–water partition coefficient (Wildman–Crippen LogP) is 5.07. The average molecular weight is 449 g/mol. The number of amides is 1. The number of ether oxygens (including phenoxy) is 2. The van der Waals surface area contributed by atoms with Crippen LogP contribution in [0.4, 0.5) is 0 Å². The van der Waals surface area contributed by atoms with E-state index in [0.717, 1.165) is 71.7 Å². The molecule has 1 aliphatic rings. The van der Waals surface area contributed by atoms with Gasteiger partial charge in [0.05, 0.1) is 20.0 Å². The number of benzene rings is 2. The highest BCUT2D eigenvalue weighted by atomic mass is 16.5. The van der Waals surface area contributed by atoms with Crippen molar-refractivity contribution in [1.29, 1.82) is 0 Å². The first-order chi connectivity index (χ1) is 16.0. The van der Waals surface area contributed by atoms with Gasteiger partial charge in [0.15, 0.2) is 0 Å². The van der Waals surface area contributed by atoms with Gasteiger partial charge in [0.2, 0.25) is 5.91 Å². The smallest absolute Gasteiger partial charge is 0.246 e. The Morgan fingerprint density at radius 3 is 2.52 bits per heavy atom. The molecule has 2 heterocycles. The second-order valence-electron chi connectivity index (χ2n) is 8.21.